The van der Waals surface area contributed by atoms with Gasteiger partial charge >= 0.3 is 0 Å². The minimum Gasteiger partial charge on any atom is -0.383 e. The Morgan fingerprint density at radius 3 is 2.82 bits per heavy atom. The topological polar surface area (TPSA) is 51.8 Å². The maximum atomic E-state index is 5.64. The molecule has 0 bridgehead atoms. The quantitative estimate of drug-likeness (QED) is 0.653. The second-order valence-corrected chi connectivity index (χ2v) is 3.07. The van der Waals surface area contributed by atoms with Gasteiger partial charge in [-0.2, -0.15) is 0 Å². The molecule has 0 aromatic carbocycles. The molecule has 11 heavy (non-hydrogen) atoms. The van der Waals surface area contributed by atoms with Crippen LogP contribution in [0.15, 0.2) is 6.20 Å². The van der Waals surface area contributed by atoms with Crippen LogP contribution in [0.3, 0.4) is 0 Å². The van der Waals surface area contributed by atoms with E-state index < -0.39 is 0 Å². The summed E-state index contributed by atoms with van der Waals surface area (Å²) < 4.78 is 0. The second-order valence-electron chi connectivity index (χ2n) is 3.07. The first kappa shape index (κ1) is 6.58. The van der Waals surface area contributed by atoms with E-state index in [1.54, 1.807) is 6.20 Å². The molecule has 2 N–H and O–H groups in total. The van der Waals surface area contributed by atoms with Crippen LogP contribution < -0.4 is 5.73 Å². The van der Waals surface area contributed by atoms with Crippen molar-refractivity contribution in [2.75, 3.05) is 5.73 Å². The highest BCUT2D eigenvalue weighted by atomic mass is 15.0. The molecule has 0 spiro atoms. The summed E-state index contributed by atoms with van der Waals surface area (Å²) >= 11 is 0. The predicted molar refractivity (Wildman–Crippen MR) is 43.2 cm³/mol. The number of rotatable bonds is 1. The van der Waals surface area contributed by atoms with Gasteiger partial charge in [0.25, 0.3) is 0 Å². The molecule has 3 nitrogen and oxygen atoms in total. The summed E-state index contributed by atoms with van der Waals surface area (Å²) in [6, 6.07) is 0. The van der Waals surface area contributed by atoms with Crippen LogP contribution in [-0.4, -0.2) is 9.97 Å². The number of hydrogen-bond donors (Lipinski definition) is 1. The van der Waals surface area contributed by atoms with E-state index >= 15 is 0 Å². The van der Waals surface area contributed by atoms with Gasteiger partial charge in [0.1, 0.15) is 11.6 Å². The lowest BCUT2D eigenvalue weighted by molar-refractivity contribution is 0.923. The molecule has 3 heteroatoms. The Kier molecular flexibility index (Phi) is 1.31. The molecule has 58 valence electrons. The monoisotopic (exact) mass is 149 g/mol. The Labute approximate surface area is 65.7 Å². The third-order valence-corrected chi connectivity index (χ3v) is 1.97. The Bertz CT molecular complexity index is 279. The third kappa shape index (κ3) is 1.18. The van der Waals surface area contributed by atoms with Crippen LogP contribution in [0.1, 0.15) is 30.1 Å². The van der Waals surface area contributed by atoms with Gasteiger partial charge in [-0.3, -0.25) is 0 Å². The summed E-state index contributed by atoms with van der Waals surface area (Å²) in [4.78, 5) is 8.41. The SMILES string of the molecule is Cc1cnc(C2CC2)nc1N. The van der Waals surface area contributed by atoms with Gasteiger partial charge < -0.3 is 5.73 Å². The van der Waals surface area contributed by atoms with Crippen molar-refractivity contribution in [1.82, 2.24) is 9.97 Å². The molecule has 1 aliphatic carbocycles. The third-order valence-electron chi connectivity index (χ3n) is 1.97. The molecule has 0 saturated heterocycles. The van der Waals surface area contributed by atoms with E-state index in [9.17, 15) is 0 Å². The number of nitrogens with zero attached hydrogens (tertiary/aromatic N) is 2. The molecule has 1 fully saturated rings. The molecule has 0 radical (unpaired) electrons. The van der Waals surface area contributed by atoms with E-state index in [1.807, 2.05) is 6.92 Å². The number of anilines is 1. The lowest BCUT2D eigenvalue weighted by Crippen LogP contribution is -1.99. The number of nitrogens with two attached hydrogens (primary N) is 1. The molecule has 0 aliphatic heterocycles. The van der Waals surface area contributed by atoms with Crippen molar-refractivity contribution in [2.45, 2.75) is 25.7 Å². The van der Waals surface area contributed by atoms with Gasteiger partial charge in [-0.1, -0.05) is 0 Å². The molecule has 1 heterocycles. The summed E-state index contributed by atoms with van der Waals surface area (Å²) in [5.74, 6) is 2.15. The van der Waals surface area contributed by atoms with Gasteiger partial charge in [-0.25, -0.2) is 9.97 Å². The minimum absolute atomic E-state index is 0.595. The van der Waals surface area contributed by atoms with Crippen molar-refractivity contribution >= 4 is 5.82 Å². The highest BCUT2D eigenvalue weighted by molar-refractivity contribution is 5.36. The summed E-state index contributed by atoms with van der Waals surface area (Å²) in [7, 11) is 0. The fourth-order valence-electron chi connectivity index (χ4n) is 1.01. The number of nitrogen functional groups attached to an aromatic ring is 1. The maximum absolute atomic E-state index is 5.64. The Hall–Kier alpha value is -1.12. The van der Waals surface area contributed by atoms with Crippen LogP contribution in [0.25, 0.3) is 0 Å². The van der Waals surface area contributed by atoms with Gasteiger partial charge in [0.2, 0.25) is 0 Å². The molecule has 1 aliphatic rings. The van der Waals surface area contributed by atoms with Crippen LogP contribution in [0, 0.1) is 6.92 Å². The van der Waals surface area contributed by atoms with Gasteiger partial charge in [0.05, 0.1) is 0 Å². The van der Waals surface area contributed by atoms with Crippen LogP contribution in [0.5, 0.6) is 0 Å². The Morgan fingerprint density at radius 2 is 2.27 bits per heavy atom. The standard InChI is InChI=1S/C8H11N3/c1-5-4-10-8(6-2-3-6)11-7(5)9/h4,6H,2-3H2,1H3,(H2,9,10,11). The normalized spacial score (nSPS) is 16.8. The Morgan fingerprint density at radius 1 is 1.55 bits per heavy atom. The minimum atomic E-state index is 0.595. The first-order valence-corrected chi connectivity index (χ1v) is 3.86. The average molecular weight is 149 g/mol. The smallest absolute Gasteiger partial charge is 0.133 e. The molecule has 1 aromatic heterocycles. The summed E-state index contributed by atoms with van der Waals surface area (Å²) in [6.07, 6.45) is 4.25. The second kappa shape index (κ2) is 2.19. The number of aromatic nitrogens is 2. The number of hydrogen-bond acceptors (Lipinski definition) is 3. The Balaban J connectivity index is 2.36. The van der Waals surface area contributed by atoms with Crippen molar-refractivity contribution < 1.29 is 0 Å². The lowest BCUT2D eigenvalue weighted by Gasteiger charge is -1.99. The zero-order valence-electron chi connectivity index (χ0n) is 6.54. The first-order valence-electron chi connectivity index (χ1n) is 3.86. The van der Waals surface area contributed by atoms with E-state index in [2.05, 4.69) is 9.97 Å². The summed E-state index contributed by atoms with van der Waals surface area (Å²) in [5.41, 5.74) is 6.60. The van der Waals surface area contributed by atoms with Gasteiger partial charge in [0.15, 0.2) is 0 Å². The summed E-state index contributed by atoms with van der Waals surface area (Å²) in [5, 5.41) is 0. The zero-order valence-corrected chi connectivity index (χ0v) is 6.54. The largest absolute Gasteiger partial charge is 0.383 e. The molecular weight excluding hydrogens is 138 g/mol. The van der Waals surface area contributed by atoms with Crippen LogP contribution in [0.4, 0.5) is 5.82 Å². The fourth-order valence-corrected chi connectivity index (χ4v) is 1.01. The van der Waals surface area contributed by atoms with Crippen molar-refractivity contribution in [3.8, 4) is 0 Å². The van der Waals surface area contributed by atoms with E-state index in [4.69, 9.17) is 5.73 Å². The molecular formula is C8H11N3. The van der Waals surface area contributed by atoms with Gasteiger partial charge in [0, 0.05) is 17.7 Å². The van der Waals surface area contributed by atoms with E-state index in [-0.39, 0.29) is 0 Å². The van der Waals surface area contributed by atoms with Gasteiger partial charge in [-0.15, -0.1) is 0 Å². The maximum Gasteiger partial charge on any atom is 0.133 e. The average Bonchev–Trinajstić information content (AvgIpc) is 2.77. The highest BCUT2D eigenvalue weighted by Crippen LogP contribution is 2.38. The fraction of sp³-hybridized carbons (Fsp3) is 0.500. The molecule has 1 aromatic rings. The molecule has 0 atom stereocenters. The van der Waals surface area contributed by atoms with Crippen molar-refractivity contribution in [3.63, 3.8) is 0 Å². The van der Waals surface area contributed by atoms with Crippen molar-refractivity contribution in [1.29, 1.82) is 0 Å². The molecule has 0 unspecified atom stereocenters. The first-order chi connectivity index (χ1) is 5.27. The van der Waals surface area contributed by atoms with Crippen LogP contribution >= 0.6 is 0 Å². The summed E-state index contributed by atoms with van der Waals surface area (Å²) in [6.45, 7) is 1.92. The van der Waals surface area contributed by atoms with E-state index in [0.717, 1.165) is 11.4 Å². The van der Waals surface area contributed by atoms with Gasteiger partial charge in [-0.05, 0) is 19.8 Å². The molecule has 1 saturated carbocycles. The van der Waals surface area contributed by atoms with E-state index in [1.165, 1.54) is 12.8 Å². The predicted octanol–water partition coefficient (Wildman–Crippen LogP) is 1.24. The van der Waals surface area contributed by atoms with Crippen LogP contribution in [-0.2, 0) is 0 Å². The number of aryl methyl sites for hydroxylation is 1. The molecule has 2 rings (SSSR count). The lowest BCUT2D eigenvalue weighted by atomic mass is 10.3. The van der Waals surface area contributed by atoms with Crippen molar-refractivity contribution in [3.05, 3.63) is 17.6 Å². The molecule has 0 amide bonds. The van der Waals surface area contributed by atoms with Crippen molar-refractivity contribution in [2.24, 2.45) is 0 Å². The van der Waals surface area contributed by atoms with Crippen LogP contribution in [0.2, 0.25) is 0 Å². The van der Waals surface area contributed by atoms with E-state index in [0.29, 0.717) is 11.7 Å². The zero-order chi connectivity index (χ0) is 7.84. The highest BCUT2D eigenvalue weighted by Gasteiger charge is 2.26.